The molecule has 0 aliphatic heterocycles. The number of rotatable bonds is 3. The molecule has 0 heterocycles. The maximum atomic E-state index is 12.0. The van der Waals surface area contributed by atoms with E-state index in [1.807, 2.05) is 6.07 Å². The summed E-state index contributed by atoms with van der Waals surface area (Å²) in [5, 5.41) is 12.3. The van der Waals surface area contributed by atoms with Crippen LogP contribution in [0.5, 0.6) is 0 Å². The van der Waals surface area contributed by atoms with Gasteiger partial charge in [-0.3, -0.25) is 10.0 Å². The highest BCUT2D eigenvalue weighted by Gasteiger charge is 2.16. The number of carbonyl (C=O) groups is 1. The van der Waals surface area contributed by atoms with E-state index in [2.05, 4.69) is 4.28 Å². The van der Waals surface area contributed by atoms with Gasteiger partial charge in [-0.05, 0) is 29.3 Å². The first-order valence-electron chi connectivity index (χ1n) is 5.69. The minimum absolute atomic E-state index is 0.0965. The van der Waals surface area contributed by atoms with E-state index in [-0.39, 0.29) is 5.56 Å². The molecule has 6 nitrogen and oxygen atoms in total. The first-order chi connectivity index (χ1) is 9.29. The summed E-state index contributed by atoms with van der Waals surface area (Å²) in [6, 6.07) is 10.3. The lowest BCUT2D eigenvalue weighted by molar-refractivity contribution is 0.00735. The third kappa shape index (κ3) is 2.96. The van der Waals surface area contributed by atoms with Crippen LogP contribution in [0.15, 0.2) is 36.4 Å². The van der Waals surface area contributed by atoms with Gasteiger partial charge in [0.2, 0.25) is 0 Å². The highest BCUT2D eigenvalue weighted by atomic mass is 32.2. The fourth-order valence-electron chi connectivity index (χ4n) is 1.96. The highest BCUT2D eigenvalue weighted by molar-refractivity contribution is 7.85. The minimum Gasteiger partial charge on any atom is -0.730 e. The van der Waals surface area contributed by atoms with Gasteiger partial charge in [-0.1, -0.05) is 30.3 Å². The second-order valence-electron chi connectivity index (χ2n) is 4.32. The summed E-state index contributed by atoms with van der Waals surface area (Å²) in [7, 11) is -4.05. The Kier molecular flexibility index (Phi) is 3.76. The predicted octanol–water partition coefficient (Wildman–Crippen LogP) is 1.98. The van der Waals surface area contributed by atoms with Crippen molar-refractivity contribution in [2.24, 2.45) is 0 Å². The van der Waals surface area contributed by atoms with Crippen LogP contribution >= 0.6 is 0 Å². The first kappa shape index (κ1) is 14.4. The fraction of sp³-hybridized carbons (Fsp3) is 0.154. The van der Waals surface area contributed by atoms with E-state index in [4.69, 9.17) is 0 Å². The van der Waals surface area contributed by atoms with E-state index >= 15 is 0 Å². The Hall–Kier alpha value is -1.96. The molecule has 0 bridgehead atoms. The lowest BCUT2D eigenvalue weighted by Gasteiger charge is -2.25. The summed E-state index contributed by atoms with van der Waals surface area (Å²) in [6.45, 7) is 1.80. The van der Waals surface area contributed by atoms with Crippen LogP contribution in [0.4, 0.5) is 0 Å². The Balaban J connectivity index is 2.50. The van der Waals surface area contributed by atoms with Crippen LogP contribution < -0.4 is 0 Å². The number of fused-ring (bicyclic) bond motifs is 1. The molecule has 0 fully saturated rings. The highest BCUT2D eigenvalue weighted by Crippen LogP contribution is 2.23. The molecular weight excluding hydrogens is 282 g/mol. The van der Waals surface area contributed by atoms with Crippen molar-refractivity contribution in [1.82, 2.24) is 5.23 Å². The number of amides is 1. The number of benzene rings is 2. The lowest BCUT2D eigenvalue weighted by atomic mass is 10.00. The van der Waals surface area contributed by atoms with E-state index in [0.717, 1.165) is 10.9 Å². The molecule has 0 saturated carbocycles. The van der Waals surface area contributed by atoms with Crippen molar-refractivity contribution in [3.8, 4) is 0 Å². The Morgan fingerprint density at radius 1 is 1.20 bits per heavy atom. The quantitative estimate of drug-likeness (QED) is 0.808. The molecule has 0 unspecified atom stereocenters. The zero-order chi connectivity index (χ0) is 14.9. The van der Waals surface area contributed by atoms with Crippen molar-refractivity contribution < 1.29 is 17.5 Å². The largest absolute Gasteiger partial charge is 0.730 e. The van der Waals surface area contributed by atoms with Crippen LogP contribution in [0.25, 0.3) is 10.8 Å². The molecule has 0 spiro atoms. The second-order valence-corrected chi connectivity index (χ2v) is 5.88. The van der Waals surface area contributed by atoms with Gasteiger partial charge < -0.3 is 5.21 Å². The van der Waals surface area contributed by atoms with Gasteiger partial charge in [-0.15, -0.1) is 0 Å². The van der Waals surface area contributed by atoms with Gasteiger partial charge in [0, 0.05) is 5.56 Å². The molecule has 2 aromatic rings. The molecule has 0 atom stereocenters. The van der Waals surface area contributed by atoms with Gasteiger partial charge >= 0.3 is 0 Å². The average molecular weight is 294 g/mol. The summed E-state index contributed by atoms with van der Waals surface area (Å²) in [6.07, 6.45) is 0.694. The Morgan fingerprint density at radius 2 is 1.80 bits per heavy atom. The summed E-state index contributed by atoms with van der Waals surface area (Å²) in [5.41, 5.74) is 0.901. The van der Waals surface area contributed by atoms with Crippen LogP contribution in [-0.4, -0.2) is 25.8 Å². The van der Waals surface area contributed by atoms with E-state index in [1.54, 1.807) is 31.2 Å². The SMILES string of the molecule is Cc1cccc2cccc(C(=O)N([O-])OS(C)(=O)=O)c12. The number of hydrogen-bond acceptors (Lipinski definition) is 5. The smallest absolute Gasteiger partial charge is 0.284 e. The van der Waals surface area contributed by atoms with Gasteiger partial charge in [-0.2, -0.15) is 12.7 Å². The topological polar surface area (TPSA) is 86.7 Å². The standard InChI is InChI=1S/C13H12NO5S/c1-9-5-3-6-10-7-4-8-11(12(9)10)13(15)14(16)19-20(2,17)18/h3-8H,1-2H3/q-1. The van der Waals surface area contributed by atoms with Crippen LogP contribution in [0.2, 0.25) is 0 Å². The Labute approximate surface area is 116 Å². The second kappa shape index (κ2) is 5.20. The van der Waals surface area contributed by atoms with Crippen LogP contribution in [0, 0.1) is 12.1 Å². The van der Waals surface area contributed by atoms with Gasteiger partial charge in [0.05, 0.1) is 6.26 Å². The van der Waals surface area contributed by atoms with Gasteiger partial charge in [0.15, 0.2) is 0 Å². The predicted molar refractivity (Wildman–Crippen MR) is 74.2 cm³/mol. The van der Waals surface area contributed by atoms with Crippen LogP contribution in [0.1, 0.15) is 15.9 Å². The molecule has 1 amide bonds. The minimum atomic E-state index is -4.05. The van der Waals surface area contributed by atoms with E-state index < -0.39 is 21.3 Å². The molecule has 106 valence electrons. The summed E-state index contributed by atoms with van der Waals surface area (Å²) in [4.78, 5) is 12.0. The van der Waals surface area contributed by atoms with Crippen molar-refractivity contribution in [2.75, 3.05) is 6.26 Å². The summed E-state index contributed by atoms with van der Waals surface area (Å²) >= 11 is 0. The zero-order valence-corrected chi connectivity index (χ0v) is 11.7. The van der Waals surface area contributed by atoms with E-state index in [1.165, 1.54) is 6.07 Å². The average Bonchev–Trinajstić information content (AvgIpc) is 2.35. The van der Waals surface area contributed by atoms with Gasteiger partial charge in [0.1, 0.15) is 0 Å². The van der Waals surface area contributed by atoms with Crippen molar-refractivity contribution in [3.05, 3.63) is 52.7 Å². The monoisotopic (exact) mass is 294 g/mol. The van der Waals surface area contributed by atoms with Crippen LogP contribution in [-0.2, 0) is 14.4 Å². The molecule has 20 heavy (non-hydrogen) atoms. The normalized spacial score (nSPS) is 11.6. The molecule has 0 N–H and O–H groups in total. The van der Waals surface area contributed by atoms with Crippen molar-refractivity contribution in [3.63, 3.8) is 0 Å². The number of hydrogen-bond donors (Lipinski definition) is 0. The Morgan fingerprint density at radius 3 is 2.40 bits per heavy atom. The number of aryl methyl sites for hydroxylation is 1. The number of hydroxylamine groups is 2. The van der Waals surface area contributed by atoms with Crippen molar-refractivity contribution >= 4 is 26.8 Å². The summed E-state index contributed by atoms with van der Waals surface area (Å²) in [5.74, 6) is -1.06. The lowest BCUT2D eigenvalue weighted by Crippen LogP contribution is -2.28. The summed E-state index contributed by atoms with van der Waals surface area (Å²) < 4.78 is 25.8. The molecule has 0 aliphatic carbocycles. The molecule has 7 heteroatoms. The molecular formula is C13H12NO5S-. The van der Waals surface area contributed by atoms with E-state index in [0.29, 0.717) is 11.6 Å². The third-order valence-corrected chi connectivity index (χ3v) is 3.12. The van der Waals surface area contributed by atoms with Gasteiger partial charge in [0.25, 0.3) is 16.0 Å². The van der Waals surface area contributed by atoms with Crippen molar-refractivity contribution in [2.45, 2.75) is 6.92 Å². The maximum absolute atomic E-state index is 12.0. The molecule has 2 aromatic carbocycles. The zero-order valence-electron chi connectivity index (χ0n) is 10.9. The fourth-order valence-corrected chi connectivity index (χ4v) is 2.28. The number of carbonyl (C=O) groups excluding carboxylic acids is 1. The Bertz CT molecular complexity index is 764. The molecule has 0 saturated heterocycles. The molecule has 0 aromatic heterocycles. The first-order valence-corrected chi connectivity index (χ1v) is 7.51. The van der Waals surface area contributed by atoms with Crippen LogP contribution in [0.3, 0.4) is 0 Å². The van der Waals surface area contributed by atoms with Crippen molar-refractivity contribution in [1.29, 1.82) is 0 Å². The molecule has 0 aliphatic rings. The maximum Gasteiger partial charge on any atom is 0.284 e. The van der Waals surface area contributed by atoms with E-state index in [9.17, 15) is 18.4 Å². The molecule has 2 rings (SSSR count). The van der Waals surface area contributed by atoms with Gasteiger partial charge in [-0.25, -0.2) is 0 Å². The third-order valence-electron chi connectivity index (χ3n) is 2.71. The number of nitrogens with zero attached hydrogens (tertiary/aromatic N) is 1. The molecule has 0 radical (unpaired) electrons.